The van der Waals surface area contributed by atoms with Gasteiger partial charge in [-0.15, -0.1) is 0 Å². The summed E-state index contributed by atoms with van der Waals surface area (Å²) in [7, 11) is 0. The lowest BCUT2D eigenvalue weighted by Gasteiger charge is -2.25. The van der Waals surface area contributed by atoms with Gasteiger partial charge in [0.05, 0.1) is 19.8 Å². The van der Waals surface area contributed by atoms with Crippen LogP contribution < -0.4 is 20.5 Å². The number of hydrogen-bond donors (Lipinski definition) is 2. The number of nitrogens with two attached hydrogens (primary N) is 1. The van der Waals surface area contributed by atoms with E-state index in [1.54, 1.807) is 0 Å². The Morgan fingerprint density at radius 1 is 1.28 bits per heavy atom. The van der Waals surface area contributed by atoms with Gasteiger partial charge in [0.2, 0.25) is 0 Å². The molecule has 1 aromatic rings. The first-order valence-corrected chi connectivity index (χ1v) is 9.32. The lowest BCUT2D eigenvalue weighted by atomic mass is 10.2. The van der Waals surface area contributed by atoms with Crippen LogP contribution in [0, 0.1) is 5.92 Å². The molecule has 0 bridgehead atoms. The molecule has 0 saturated carbocycles. The standard InChI is InChI=1S/C19H30N4O2/c1-14(2)13-23-8-3-5-16(23)12-21-19(20)22-15-6-7-17-18(11-15)25-10-4-9-24-17/h6-7,11,14,16H,3-5,8-10,12-13H2,1-2H3,(H3,20,21,22)/t16-/m1/s1. The fourth-order valence-electron chi connectivity index (χ4n) is 3.44. The van der Waals surface area contributed by atoms with Gasteiger partial charge in [0.1, 0.15) is 0 Å². The summed E-state index contributed by atoms with van der Waals surface area (Å²) in [5.41, 5.74) is 6.96. The summed E-state index contributed by atoms with van der Waals surface area (Å²) < 4.78 is 11.4. The third kappa shape index (κ3) is 5.01. The minimum Gasteiger partial charge on any atom is -0.490 e. The summed E-state index contributed by atoms with van der Waals surface area (Å²) in [5, 5.41) is 3.17. The maximum atomic E-state index is 6.09. The molecule has 25 heavy (non-hydrogen) atoms. The second kappa shape index (κ2) is 8.43. The maximum Gasteiger partial charge on any atom is 0.193 e. The number of benzene rings is 1. The summed E-state index contributed by atoms with van der Waals surface area (Å²) in [5.74, 6) is 2.68. The van der Waals surface area contributed by atoms with Crippen molar-refractivity contribution in [2.45, 2.75) is 39.2 Å². The molecule has 138 valence electrons. The van der Waals surface area contributed by atoms with Crippen LogP contribution >= 0.6 is 0 Å². The van der Waals surface area contributed by atoms with E-state index in [1.165, 1.54) is 19.4 Å². The quantitative estimate of drug-likeness (QED) is 0.633. The minimum atomic E-state index is 0.450. The van der Waals surface area contributed by atoms with Crippen LogP contribution in [0.4, 0.5) is 5.69 Å². The SMILES string of the molecule is CC(C)CN1CCC[C@@H]1CN=C(N)Nc1ccc2c(c1)OCCCO2. The zero-order chi connectivity index (χ0) is 17.6. The zero-order valence-electron chi connectivity index (χ0n) is 15.3. The number of rotatable bonds is 5. The molecule has 0 amide bonds. The second-order valence-corrected chi connectivity index (χ2v) is 7.25. The van der Waals surface area contributed by atoms with Crippen molar-refractivity contribution in [1.82, 2.24) is 4.90 Å². The van der Waals surface area contributed by atoms with E-state index in [0.29, 0.717) is 31.1 Å². The Kier molecular flexibility index (Phi) is 6.02. The molecule has 3 rings (SSSR count). The Morgan fingerprint density at radius 2 is 2.08 bits per heavy atom. The number of aliphatic imine (C=N–C) groups is 1. The van der Waals surface area contributed by atoms with Crippen molar-refractivity contribution in [2.75, 3.05) is 38.2 Å². The van der Waals surface area contributed by atoms with E-state index in [2.05, 4.69) is 29.1 Å². The molecular formula is C19H30N4O2. The van der Waals surface area contributed by atoms with Gasteiger partial charge in [0.25, 0.3) is 0 Å². The highest BCUT2D eigenvalue weighted by atomic mass is 16.5. The summed E-state index contributed by atoms with van der Waals surface area (Å²) in [6, 6.07) is 6.28. The predicted octanol–water partition coefficient (Wildman–Crippen LogP) is 2.69. The molecule has 3 N–H and O–H groups in total. The summed E-state index contributed by atoms with van der Waals surface area (Å²) in [4.78, 5) is 7.10. The van der Waals surface area contributed by atoms with Gasteiger partial charge >= 0.3 is 0 Å². The van der Waals surface area contributed by atoms with Crippen LogP contribution in [0.3, 0.4) is 0 Å². The number of fused-ring (bicyclic) bond motifs is 1. The van der Waals surface area contributed by atoms with Crippen molar-refractivity contribution in [1.29, 1.82) is 0 Å². The predicted molar refractivity (Wildman–Crippen MR) is 102 cm³/mol. The van der Waals surface area contributed by atoms with E-state index in [4.69, 9.17) is 15.2 Å². The Hall–Kier alpha value is -1.95. The Labute approximate surface area is 150 Å². The van der Waals surface area contributed by atoms with E-state index >= 15 is 0 Å². The van der Waals surface area contributed by atoms with Gasteiger partial charge in [-0.2, -0.15) is 0 Å². The van der Waals surface area contributed by atoms with E-state index in [-0.39, 0.29) is 0 Å². The Balaban J connectivity index is 1.57. The first-order chi connectivity index (χ1) is 12.1. The fraction of sp³-hybridized carbons (Fsp3) is 0.632. The van der Waals surface area contributed by atoms with Crippen LogP contribution in [0.2, 0.25) is 0 Å². The highest BCUT2D eigenvalue weighted by Crippen LogP contribution is 2.32. The fourth-order valence-corrected chi connectivity index (χ4v) is 3.44. The molecule has 0 radical (unpaired) electrons. The molecule has 6 nitrogen and oxygen atoms in total. The average molecular weight is 346 g/mol. The number of nitrogens with one attached hydrogen (secondary N) is 1. The largest absolute Gasteiger partial charge is 0.490 e. The van der Waals surface area contributed by atoms with Gasteiger partial charge in [0.15, 0.2) is 17.5 Å². The molecule has 0 unspecified atom stereocenters. The highest BCUT2D eigenvalue weighted by Gasteiger charge is 2.24. The highest BCUT2D eigenvalue weighted by molar-refractivity contribution is 5.92. The van der Waals surface area contributed by atoms with E-state index < -0.39 is 0 Å². The number of nitrogens with zero attached hydrogens (tertiary/aromatic N) is 2. The first-order valence-electron chi connectivity index (χ1n) is 9.32. The molecule has 2 aliphatic heterocycles. The van der Waals surface area contributed by atoms with Crippen LogP contribution in [-0.2, 0) is 0 Å². The lowest BCUT2D eigenvalue weighted by molar-refractivity contribution is 0.231. The van der Waals surface area contributed by atoms with Crippen molar-refractivity contribution in [2.24, 2.45) is 16.6 Å². The third-order valence-electron chi connectivity index (χ3n) is 4.59. The number of ether oxygens (including phenoxy) is 2. The second-order valence-electron chi connectivity index (χ2n) is 7.25. The van der Waals surface area contributed by atoms with Crippen LogP contribution in [0.25, 0.3) is 0 Å². The first kappa shape index (κ1) is 17.9. The molecule has 1 fully saturated rings. The molecule has 2 heterocycles. The van der Waals surface area contributed by atoms with Crippen LogP contribution in [0.1, 0.15) is 33.1 Å². The lowest BCUT2D eigenvalue weighted by Crippen LogP contribution is -2.35. The summed E-state index contributed by atoms with van der Waals surface area (Å²) in [6.07, 6.45) is 3.35. The average Bonchev–Trinajstić information content (AvgIpc) is 2.87. The Morgan fingerprint density at radius 3 is 2.88 bits per heavy atom. The monoisotopic (exact) mass is 346 g/mol. The number of guanidine groups is 1. The normalized spacial score (nSPS) is 21.4. The molecular weight excluding hydrogens is 316 g/mol. The van der Waals surface area contributed by atoms with Gasteiger partial charge < -0.3 is 20.5 Å². The van der Waals surface area contributed by atoms with E-state index in [0.717, 1.165) is 36.7 Å². The molecule has 0 spiro atoms. The topological polar surface area (TPSA) is 72.1 Å². The van der Waals surface area contributed by atoms with E-state index in [9.17, 15) is 0 Å². The van der Waals surface area contributed by atoms with Crippen molar-refractivity contribution < 1.29 is 9.47 Å². The molecule has 1 atom stereocenters. The summed E-state index contributed by atoms with van der Waals surface area (Å²) >= 11 is 0. The third-order valence-corrected chi connectivity index (χ3v) is 4.59. The molecule has 2 aliphatic rings. The van der Waals surface area contributed by atoms with Crippen LogP contribution in [0.15, 0.2) is 23.2 Å². The van der Waals surface area contributed by atoms with Gasteiger partial charge in [-0.25, -0.2) is 0 Å². The van der Waals surface area contributed by atoms with Crippen molar-refractivity contribution in [3.05, 3.63) is 18.2 Å². The molecule has 0 aliphatic carbocycles. The van der Waals surface area contributed by atoms with Gasteiger partial charge in [-0.1, -0.05) is 13.8 Å². The van der Waals surface area contributed by atoms with Crippen molar-refractivity contribution in [3.63, 3.8) is 0 Å². The maximum absolute atomic E-state index is 6.09. The van der Waals surface area contributed by atoms with Crippen molar-refractivity contribution in [3.8, 4) is 11.5 Å². The van der Waals surface area contributed by atoms with Crippen LogP contribution in [0.5, 0.6) is 11.5 Å². The smallest absolute Gasteiger partial charge is 0.193 e. The number of likely N-dealkylation sites (tertiary alicyclic amines) is 1. The van der Waals surface area contributed by atoms with Gasteiger partial charge in [-0.05, 0) is 37.4 Å². The molecule has 1 saturated heterocycles. The minimum absolute atomic E-state index is 0.450. The van der Waals surface area contributed by atoms with Gasteiger partial charge in [0, 0.05) is 30.8 Å². The van der Waals surface area contributed by atoms with E-state index in [1.807, 2.05) is 18.2 Å². The number of hydrogen-bond acceptors (Lipinski definition) is 4. The zero-order valence-corrected chi connectivity index (χ0v) is 15.3. The van der Waals surface area contributed by atoms with Gasteiger partial charge in [-0.3, -0.25) is 9.89 Å². The Bertz CT molecular complexity index is 603. The van der Waals surface area contributed by atoms with Crippen LogP contribution in [-0.4, -0.2) is 49.7 Å². The molecule has 1 aromatic carbocycles. The number of anilines is 1. The molecule has 6 heteroatoms. The molecule has 0 aromatic heterocycles. The van der Waals surface area contributed by atoms with Crippen molar-refractivity contribution >= 4 is 11.6 Å². The summed E-state index contributed by atoms with van der Waals surface area (Å²) in [6.45, 7) is 8.95.